The van der Waals surface area contributed by atoms with Crippen molar-refractivity contribution >= 4 is 5.91 Å². The summed E-state index contributed by atoms with van der Waals surface area (Å²) < 4.78 is 5.65. The molecule has 0 unspecified atom stereocenters. The van der Waals surface area contributed by atoms with Crippen LogP contribution in [0.25, 0.3) is 0 Å². The van der Waals surface area contributed by atoms with Gasteiger partial charge in [0.05, 0.1) is 6.61 Å². The number of nitrogens with zero attached hydrogens (tertiary/aromatic N) is 1. The van der Waals surface area contributed by atoms with Crippen LogP contribution in [0, 0.1) is 0 Å². The van der Waals surface area contributed by atoms with Gasteiger partial charge in [0.25, 0.3) is 0 Å². The highest BCUT2D eigenvalue weighted by Gasteiger charge is 2.18. The van der Waals surface area contributed by atoms with Gasteiger partial charge in [-0.3, -0.25) is 4.79 Å². The van der Waals surface area contributed by atoms with Crippen molar-refractivity contribution < 1.29 is 9.53 Å². The van der Waals surface area contributed by atoms with Crippen molar-refractivity contribution in [1.82, 2.24) is 4.90 Å². The van der Waals surface area contributed by atoms with Crippen LogP contribution in [-0.4, -0.2) is 30.5 Å². The normalized spacial score (nSPS) is 15.2. The van der Waals surface area contributed by atoms with Crippen LogP contribution in [0.4, 0.5) is 0 Å². The number of rotatable bonds is 6. The highest BCUT2D eigenvalue weighted by Crippen LogP contribution is 2.14. The molecule has 0 aliphatic carbocycles. The van der Waals surface area contributed by atoms with Gasteiger partial charge in [0.1, 0.15) is 5.75 Å². The number of likely N-dealkylation sites (tertiary alicyclic amines) is 1. The molecular formula is C14H20N2O2. The van der Waals surface area contributed by atoms with Crippen LogP contribution < -0.4 is 10.5 Å². The van der Waals surface area contributed by atoms with E-state index >= 15 is 0 Å². The predicted molar refractivity (Wildman–Crippen MR) is 70.3 cm³/mol. The first-order valence-corrected chi connectivity index (χ1v) is 6.49. The number of hydrogen-bond acceptors (Lipinski definition) is 3. The summed E-state index contributed by atoms with van der Waals surface area (Å²) in [5, 5.41) is 0. The monoisotopic (exact) mass is 248 g/mol. The van der Waals surface area contributed by atoms with E-state index in [1.807, 2.05) is 29.2 Å². The van der Waals surface area contributed by atoms with Gasteiger partial charge < -0.3 is 15.4 Å². The molecule has 0 radical (unpaired) electrons. The van der Waals surface area contributed by atoms with E-state index in [0.717, 1.165) is 37.2 Å². The fourth-order valence-corrected chi connectivity index (χ4v) is 2.15. The van der Waals surface area contributed by atoms with E-state index in [2.05, 4.69) is 0 Å². The summed E-state index contributed by atoms with van der Waals surface area (Å²) in [6, 6.07) is 7.82. The van der Waals surface area contributed by atoms with Crippen molar-refractivity contribution in [2.75, 3.05) is 19.7 Å². The minimum absolute atomic E-state index is 0.278. The Hall–Kier alpha value is -1.55. The highest BCUT2D eigenvalue weighted by molar-refractivity contribution is 5.77. The van der Waals surface area contributed by atoms with E-state index in [4.69, 9.17) is 10.5 Å². The summed E-state index contributed by atoms with van der Waals surface area (Å²) in [7, 11) is 0. The maximum atomic E-state index is 11.4. The summed E-state index contributed by atoms with van der Waals surface area (Å²) in [4.78, 5) is 13.3. The van der Waals surface area contributed by atoms with Gasteiger partial charge in [0.15, 0.2) is 0 Å². The second-order valence-electron chi connectivity index (χ2n) is 4.54. The van der Waals surface area contributed by atoms with Gasteiger partial charge >= 0.3 is 0 Å². The van der Waals surface area contributed by atoms with Crippen LogP contribution in [0.5, 0.6) is 5.75 Å². The van der Waals surface area contributed by atoms with Crippen molar-refractivity contribution in [3.63, 3.8) is 0 Å². The van der Waals surface area contributed by atoms with Crippen LogP contribution >= 0.6 is 0 Å². The van der Waals surface area contributed by atoms with Crippen LogP contribution in [0.2, 0.25) is 0 Å². The molecular weight excluding hydrogens is 228 g/mol. The molecule has 1 aliphatic heterocycles. The number of amides is 1. The first-order valence-electron chi connectivity index (χ1n) is 6.49. The largest absolute Gasteiger partial charge is 0.494 e. The SMILES string of the molecule is NCc1cccc(OCCCN2CCCC2=O)c1. The van der Waals surface area contributed by atoms with Gasteiger partial charge in [0.2, 0.25) is 5.91 Å². The minimum Gasteiger partial charge on any atom is -0.494 e. The van der Waals surface area contributed by atoms with Crippen LogP contribution in [0.3, 0.4) is 0 Å². The molecule has 4 heteroatoms. The second-order valence-corrected chi connectivity index (χ2v) is 4.54. The Morgan fingerprint density at radius 2 is 2.28 bits per heavy atom. The maximum Gasteiger partial charge on any atom is 0.222 e. The summed E-state index contributed by atoms with van der Waals surface area (Å²) >= 11 is 0. The lowest BCUT2D eigenvalue weighted by molar-refractivity contribution is -0.127. The van der Waals surface area contributed by atoms with E-state index in [0.29, 0.717) is 19.6 Å². The molecule has 4 nitrogen and oxygen atoms in total. The van der Waals surface area contributed by atoms with Gasteiger partial charge in [-0.25, -0.2) is 0 Å². The molecule has 0 spiro atoms. The number of hydrogen-bond donors (Lipinski definition) is 1. The van der Waals surface area contributed by atoms with Crippen LogP contribution in [-0.2, 0) is 11.3 Å². The lowest BCUT2D eigenvalue weighted by atomic mass is 10.2. The van der Waals surface area contributed by atoms with Crippen molar-refractivity contribution in [3.8, 4) is 5.75 Å². The first kappa shape index (κ1) is 12.9. The highest BCUT2D eigenvalue weighted by atomic mass is 16.5. The van der Waals surface area contributed by atoms with Gasteiger partial charge in [0, 0.05) is 26.1 Å². The molecule has 1 fully saturated rings. The molecule has 0 aromatic heterocycles. The van der Waals surface area contributed by atoms with Crippen LogP contribution in [0.1, 0.15) is 24.8 Å². The second kappa shape index (κ2) is 6.40. The third kappa shape index (κ3) is 3.47. The lowest BCUT2D eigenvalue weighted by Crippen LogP contribution is -2.26. The zero-order valence-corrected chi connectivity index (χ0v) is 10.6. The Morgan fingerprint density at radius 3 is 3.00 bits per heavy atom. The molecule has 98 valence electrons. The number of nitrogens with two attached hydrogens (primary N) is 1. The van der Waals surface area contributed by atoms with Gasteiger partial charge in [-0.15, -0.1) is 0 Å². The molecule has 1 amide bonds. The molecule has 1 heterocycles. The van der Waals surface area contributed by atoms with Crippen molar-refractivity contribution in [2.24, 2.45) is 5.73 Å². The van der Waals surface area contributed by atoms with Crippen molar-refractivity contribution in [1.29, 1.82) is 0 Å². The molecule has 18 heavy (non-hydrogen) atoms. The van der Waals surface area contributed by atoms with Gasteiger partial charge in [-0.1, -0.05) is 12.1 Å². The Bertz CT molecular complexity index is 407. The van der Waals surface area contributed by atoms with E-state index in [9.17, 15) is 4.79 Å². The third-order valence-electron chi connectivity index (χ3n) is 3.15. The minimum atomic E-state index is 0.278. The topological polar surface area (TPSA) is 55.6 Å². The quantitative estimate of drug-likeness (QED) is 0.777. The average Bonchev–Trinajstić information content (AvgIpc) is 2.81. The predicted octanol–water partition coefficient (Wildman–Crippen LogP) is 1.54. The number of carbonyl (C=O) groups excluding carboxylic acids is 1. The van der Waals surface area contributed by atoms with Crippen molar-refractivity contribution in [2.45, 2.75) is 25.8 Å². The summed E-state index contributed by atoms with van der Waals surface area (Å²) in [5.74, 6) is 1.13. The molecule has 1 aromatic carbocycles. The van der Waals surface area contributed by atoms with E-state index < -0.39 is 0 Å². The van der Waals surface area contributed by atoms with E-state index in [1.54, 1.807) is 0 Å². The molecule has 2 rings (SSSR count). The summed E-state index contributed by atoms with van der Waals surface area (Å²) in [6.45, 7) is 2.87. The first-order chi connectivity index (χ1) is 8.79. The lowest BCUT2D eigenvalue weighted by Gasteiger charge is -2.15. The molecule has 1 aromatic rings. The molecule has 0 atom stereocenters. The van der Waals surface area contributed by atoms with E-state index in [1.165, 1.54) is 0 Å². The Labute approximate surface area is 108 Å². The molecule has 1 aliphatic rings. The van der Waals surface area contributed by atoms with Gasteiger partial charge in [-0.2, -0.15) is 0 Å². The fourth-order valence-electron chi connectivity index (χ4n) is 2.15. The molecule has 0 saturated carbocycles. The average molecular weight is 248 g/mol. The van der Waals surface area contributed by atoms with Crippen molar-refractivity contribution in [3.05, 3.63) is 29.8 Å². The molecule has 2 N–H and O–H groups in total. The Kier molecular flexibility index (Phi) is 4.59. The molecule has 1 saturated heterocycles. The molecule has 0 bridgehead atoms. The summed E-state index contributed by atoms with van der Waals surface area (Å²) in [6.07, 6.45) is 2.58. The maximum absolute atomic E-state index is 11.4. The van der Waals surface area contributed by atoms with Gasteiger partial charge in [-0.05, 0) is 30.5 Å². The number of carbonyl (C=O) groups is 1. The third-order valence-corrected chi connectivity index (χ3v) is 3.15. The van der Waals surface area contributed by atoms with Crippen LogP contribution in [0.15, 0.2) is 24.3 Å². The Balaban J connectivity index is 1.70. The fraction of sp³-hybridized carbons (Fsp3) is 0.500. The smallest absolute Gasteiger partial charge is 0.222 e. The number of ether oxygens (including phenoxy) is 1. The zero-order chi connectivity index (χ0) is 12.8. The zero-order valence-electron chi connectivity index (χ0n) is 10.6. The Morgan fingerprint density at radius 1 is 1.39 bits per heavy atom. The van der Waals surface area contributed by atoms with E-state index in [-0.39, 0.29) is 5.91 Å². The number of benzene rings is 1. The summed E-state index contributed by atoms with van der Waals surface area (Å²) in [5.41, 5.74) is 6.64. The standard InChI is InChI=1S/C14H20N2O2/c15-11-12-4-1-5-13(10-12)18-9-3-8-16-7-2-6-14(16)17/h1,4-5,10H,2-3,6-9,11,15H2.